The zero-order chi connectivity index (χ0) is 13.9. The Morgan fingerprint density at radius 3 is 2.33 bits per heavy atom. The van der Waals surface area contributed by atoms with Crippen LogP contribution in [0, 0.1) is 5.41 Å². The average molecular weight is 355 g/mol. The van der Waals surface area contributed by atoms with Gasteiger partial charge in [-0.1, -0.05) is 39.1 Å². The molecular weight excluding hydrogens is 341 g/mol. The van der Waals surface area contributed by atoms with Crippen LogP contribution in [0.1, 0.15) is 13.8 Å². The van der Waals surface area contributed by atoms with E-state index in [4.69, 9.17) is 27.9 Å². The third kappa shape index (κ3) is 3.77. The zero-order valence-electron chi connectivity index (χ0n) is 10.3. The van der Waals surface area contributed by atoms with E-state index in [9.17, 15) is 4.79 Å². The number of hydrogen-bond acceptors (Lipinski definition) is 3. The summed E-state index contributed by atoms with van der Waals surface area (Å²) < 4.78 is 5.53. The summed E-state index contributed by atoms with van der Waals surface area (Å²) in [4.78, 5) is 11.5. The van der Waals surface area contributed by atoms with Gasteiger partial charge in [-0.25, -0.2) is 0 Å². The second kappa shape index (κ2) is 6.13. The standard InChI is InChI=1S/C12H14BrCl2NO2/c1-12(2,11(17)18-3)6-16-10-8(14)4-7(13)5-9(10)15/h4-5,16H,6H2,1-3H3. The van der Waals surface area contributed by atoms with Gasteiger partial charge < -0.3 is 10.1 Å². The van der Waals surface area contributed by atoms with Crippen LogP contribution in [0.15, 0.2) is 16.6 Å². The van der Waals surface area contributed by atoms with Crippen LogP contribution in [0.4, 0.5) is 5.69 Å². The molecule has 1 aromatic rings. The molecule has 0 radical (unpaired) electrons. The van der Waals surface area contributed by atoms with E-state index >= 15 is 0 Å². The molecule has 1 aromatic carbocycles. The summed E-state index contributed by atoms with van der Waals surface area (Å²) >= 11 is 15.5. The number of anilines is 1. The number of rotatable bonds is 4. The van der Waals surface area contributed by atoms with Crippen molar-refractivity contribution in [2.75, 3.05) is 19.0 Å². The minimum atomic E-state index is -0.658. The van der Waals surface area contributed by atoms with E-state index in [0.29, 0.717) is 22.3 Å². The van der Waals surface area contributed by atoms with Crippen molar-refractivity contribution in [3.63, 3.8) is 0 Å². The molecule has 3 nitrogen and oxygen atoms in total. The first-order valence-corrected chi connectivity index (χ1v) is 6.79. The maximum atomic E-state index is 11.5. The lowest BCUT2D eigenvalue weighted by Crippen LogP contribution is -2.33. The Labute approximate surface area is 125 Å². The van der Waals surface area contributed by atoms with Gasteiger partial charge in [-0.3, -0.25) is 4.79 Å². The normalized spacial score (nSPS) is 11.2. The van der Waals surface area contributed by atoms with Gasteiger partial charge in [0.05, 0.1) is 28.3 Å². The van der Waals surface area contributed by atoms with Gasteiger partial charge in [0, 0.05) is 11.0 Å². The molecule has 0 fully saturated rings. The Bertz CT molecular complexity index is 440. The molecule has 18 heavy (non-hydrogen) atoms. The lowest BCUT2D eigenvalue weighted by atomic mass is 9.93. The SMILES string of the molecule is COC(=O)C(C)(C)CNc1c(Cl)cc(Br)cc1Cl. The fraction of sp³-hybridized carbons (Fsp3) is 0.417. The Balaban J connectivity index is 2.84. The molecule has 0 saturated carbocycles. The van der Waals surface area contributed by atoms with Crippen LogP contribution < -0.4 is 5.32 Å². The van der Waals surface area contributed by atoms with Gasteiger partial charge >= 0.3 is 5.97 Å². The minimum absolute atomic E-state index is 0.292. The maximum absolute atomic E-state index is 11.5. The molecule has 0 aliphatic carbocycles. The van der Waals surface area contributed by atoms with Crippen molar-refractivity contribution in [1.82, 2.24) is 0 Å². The van der Waals surface area contributed by atoms with Gasteiger partial charge in [-0.2, -0.15) is 0 Å². The van der Waals surface area contributed by atoms with Gasteiger partial charge in [0.1, 0.15) is 0 Å². The number of nitrogens with one attached hydrogen (secondary N) is 1. The first-order chi connectivity index (χ1) is 8.27. The average Bonchev–Trinajstić information content (AvgIpc) is 2.26. The second-order valence-electron chi connectivity index (χ2n) is 4.47. The lowest BCUT2D eigenvalue weighted by Gasteiger charge is -2.23. The molecule has 1 N–H and O–H groups in total. The van der Waals surface area contributed by atoms with Crippen molar-refractivity contribution in [2.24, 2.45) is 5.41 Å². The molecule has 100 valence electrons. The number of carbonyl (C=O) groups is 1. The van der Waals surface area contributed by atoms with Crippen LogP contribution in [0.3, 0.4) is 0 Å². The monoisotopic (exact) mass is 353 g/mol. The van der Waals surface area contributed by atoms with Gasteiger partial charge in [0.2, 0.25) is 0 Å². The van der Waals surface area contributed by atoms with Crippen molar-refractivity contribution >= 4 is 50.8 Å². The maximum Gasteiger partial charge on any atom is 0.313 e. The summed E-state index contributed by atoms with van der Waals surface area (Å²) in [5.41, 5.74) is -0.0485. The van der Waals surface area contributed by atoms with E-state index in [1.807, 2.05) is 0 Å². The van der Waals surface area contributed by atoms with Crippen LogP contribution in [0.2, 0.25) is 10.0 Å². The molecule has 0 saturated heterocycles. The molecule has 6 heteroatoms. The lowest BCUT2D eigenvalue weighted by molar-refractivity contribution is -0.149. The third-order valence-corrected chi connectivity index (χ3v) is 3.51. The molecule has 0 aromatic heterocycles. The molecule has 0 heterocycles. The number of benzene rings is 1. The van der Waals surface area contributed by atoms with Gasteiger partial charge in [-0.15, -0.1) is 0 Å². The molecule has 0 aliphatic rings. The fourth-order valence-corrected chi connectivity index (χ4v) is 2.71. The van der Waals surface area contributed by atoms with Crippen LogP contribution in [-0.2, 0) is 9.53 Å². The number of carbonyl (C=O) groups excluding carboxylic acids is 1. The molecule has 0 bridgehead atoms. The van der Waals surface area contributed by atoms with Crippen molar-refractivity contribution < 1.29 is 9.53 Å². The van der Waals surface area contributed by atoms with Crippen molar-refractivity contribution in [3.8, 4) is 0 Å². The summed E-state index contributed by atoms with van der Waals surface area (Å²) in [5, 5.41) is 4.07. The van der Waals surface area contributed by atoms with E-state index in [1.165, 1.54) is 7.11 Å². The van der Waals surface area contributed by atoms with E-state index < -0.39 is 5.41 Å². The predicted octanol–water partition coefficient (Wildman–Crippen LogP) is 4.37. The largest absolute Gasteiger partial charge is 0.469 e. The zero-order valence-corrected chi connectivity index (χ0v) is 13.4. The van der Waals surface area contributed by atoms with E-state index in [1.54, 1.807) is 26.0 Å². The Morgan fingerprint density at radius 2 is 1.89 bits per heavy atom. The fourth-order valence-electron chi connectivity index (χ4n) is 1.37. The molecule has 0 spiro atoms. The second-order valence-corrected chi connectivity index (χ2v) is 6.20. The highest BCUT2D eigenvalue weighted by molar-refractivity contribution is 9.10. The molecule has 0 aliphatic heterocycles. The summed E-state index contributed by atoms with van der Waals surface area (Å²) in [5.74, 6) is -0.292. The number of hydrogen-bond donors (Lipinski definition) is 1. The first kappa shape index (κ1) is 15.6. The Morgan fingerprint density at radius 1 is 1.39 bits per heavy atom. The van der Waals surface area contributed by atoms with Crippen LogP contribution in [-0.4, -0.2) is 19.6 Å². The number of esters is 1. The summed E-state index contributed by atoms with van der Waals surface area (Å²) in [6, 6.07) is 3.47. The van der Waals surface area contributed by atoms with Crippen molar-refractivity contribution in [2.45, 2.75) is 13.8 Å². The van der Waals surface area contributed by atoms with Crippen molar-refractivity contribution in [1.29, 1.82) is 0 Å². The Hall–Kier alpha value is -0.450. The molecule has 1 rings (SSSR count). The highest BCUT2D eigenvalue weighted by Gasteiger charge is 2.28. The van der Waals surface area contributed by atoms with Gasteiger partial charge in [0.25, 0.3) is 0 Å². The van der Waals surface area contributed by atoms with Crippen LogP contribution in [0.25, 0.3) is 0 Å². The van der Waals surface area contributed by atoms with Crippen molar-refractivity contribution in [3.05, 3.63) is 26.7 Å². The smallest absolute Gasteiger partial charge is 0.313 e. The number of halogens is 3. The number of methoxy groups -OCH3 is 1. The minimum Gasteiger partial charge on any atom is -0.469 e. The van der Waals surface area contributed by atoms with Crippen LogP contribution in [0.5, 0.6) is 0 Å². The Kier molecular flexibility index (Phi) is 5.32. The summed E-state index contributed by atoms with van der Waals surface area (Å²) in [6.07, 6.45) is 0. The van der Waals surface area contributed by atoms with E-state index in [2.05, 4.69) is 21.2 Å². The highest BCUT2D eigenvalue weighted by atomic mass is 79.9. The third-order valence-electron chi connectivity index (χ3n) is 2.45. The van der Waals surface area contributed by atoms with E-state index in [-0.39, 0.29) is 5.97 Å². The predicted molar refractivity (Wildman–Crippen MR) is 78.4 cm³/mol. The van der Waals surface area contributed by atoms with Gasteiger partial charge in [0.15, 0.2) is 0 Å². The number of ether oxygens (including phenoxy) is 1. The van der Waals surface area contributed by atoms with Gasteiger partial charge in [-0.05, 0) is 26.0 Å². The quantitative estimate of drug-likeness (QED) is 0.816. The first-order valence-electron chi connectivity index (χ1n) is 5.25. The summed E-state index contributed by atoms with van der Waals surface area (Å²) in [7, 11) is 1.36. The highest BCUT2D eigenvalue weighted by Crippen LogP contribution is 2.34. The summed E-state index contributed by atoms with van der Waals surface area (Å²) in [6.45, 7) is 3.94. The van der Waals surface area contributed by atoms with E-state index in [0.717, 1.165) is 4.47 Å². The van der Waals surface area contributed by atoms with Crippen LogP contribution >= 0.6 is 39.1 Å². The molecule has 0 atom stereocenters. The molecule has 0 unspecified atom stereocenters. The topological polar surface area (TPSA) is 38.3 Å². The molecular formula is C12H14BrCl2NO2. The molecule has 0 amide bonds.